The molecule has 11 heteroatoms. The van der Waals surface area contributed by atoms with Gasteiger partial charge in [0, 0.05) is 17.9 Å². The molecule has 6 rings (SSSR count). The maximum absolute atomic E-state index is 13.1. The Bertz CT molecular complexity index is 1390. The zero-order chi connectivity index (χ0) is 30.2. The van der Waals surface area contributed by atoms with Crippen LogP contribution in [0.15, 0.2) is 24.3 Å². The fraction of sp³-hybridized carbons (Fsp3) is 0.531. The quantitative estimate of drug-likeness (QED) is 0.434. The largest absolute Gasteiger partial charge is 0.493 e. The van der Waals surface area contributed by atoms with Crippen molar-refractivity contribution in [3.05, 3.63) is 41.0 Å². The van der Waals surface area contributed by atoms with E-state index in [-0.39, 0.29) is 59.7 Å². The number of benzene rings is 2. The lowest BCUT2D eigenvalue weighted by molar-refractivity contribution is -0.141. The van der Waals surface area contributed by atoms with Gasteiger partial charge in [-0.1, -0.05) is 26.7 Å². The number of esters is 1. The lowest BCUT2D eigenvalue weighted by Crippen LogP contribution is -2.52. The Labute approximate surface area is 250 Å². The molecule has 11 nitrogen and oxygen atoms in total. The zero-order valence-electron chi connectivity index (χ0n) is 24.9. The van der Waals surface area contributed by atoms with E-state index in [2.05, 4.69) is 10.6 Å². The SMILES string of the molecule is COc1cc([C@@H]2c3cc4c(cc3C[C@H]3COC(=O)[C@@H]32)OCO4)cc(OC)c1OC(=O)N[C@H](C(=O)NC1CCCC1)C(C)C. The van der Waals surface area contributed by atoms with Crippen LogP contribution in [0.5, 0.6) is 28.7 Å². The van der Waals surface area contributed by atoms with Gasteiger partial charge in [-0.15, -0.1) is 0 Å². The Hall–Kier alpha value is -4.15. The van der Waals surface area contributed by atoms with Crippen molar-refractivity contribution in [3.63, 3.8) is 0 Å². The van der Waals surface area contributed by atoms with Gasteiger partial charge < -0.3 is 39.1 Å². The molecule has 2 aliphatic carbocycles. The van der Waals surface area contributed by atoms with E-state index in [0.717, 1.165) is 42.4 Å². The molecule has 1 saturated heterocycles. The fourth-order valence-corrected chi connectivity index (χ4v) is 6.83. The number of ether oxygens (including phenoxy) is 6. The first-order chi connectivity index (χ1) is 20.8. The van der Waals surface area contributed by atoms with Gasteiger partial charge in [0.15, 0.2) is 23.0 Å². The first kappa shape index (κ1) is 28.9. The summed E-state index contributed by atoms with van der Waals surface area (Å²) in [6.45, 7) is 4.22. The van der Waals surface area contributed by atoms with Crippen molar-refractivity contribution < 1.29 is 42.8 Å². The van der Waals surface area contributed by atoms with E-state index in [0.29, 0.717) is 24.5 Å². The highest BCUT2D eigenvalue weighted by atomic mass is 16.7. The van der Waals surface area contributed by atoms with Gasteiger partial charge in [0.05, 0.1) is 26.7 Å². The second-order valence-electron chi connectivity index (χ2n) is 12.0. The second-order valence-corrected chi connectivity index (χ2v) is 12.0. The number of hydrogen-bond donors (Lipinski definition) is 2. The fourth-order valence-electron chi connectivity index (χ4n) is 6.83. The molecule has 0 aromatic heterocycles. The molecule has 2 aromatic carbocycles. The monoisotopic (exact) mass is 594 g/mol. The van der Waals surface area contributed by atoms with Crippen LogP contribution >= 0.6 is 0 Å². The van der Waals surface area contributed by atoms with Crippen molar-refractivity contribution in [2.45, 2.75) is 64.0 Å². The van der Waals surface area contributed by atoms with Crippen LogP contribution in [0.1, 0.15) is 62.1 Å². The summed E-state index contributed by atoms with van der Waals surface area (Å²) in [7, 11) is 2.93. The second kappa shape index (κ2) is 11.9. The third-order valence-corrected chi connectivity index (χ3v) is 8.99. The molecule has 2 N–H and O–H groups in total. The average molecular weight is 595 g/mol. The van der Waals surface area contributed by atoms with Crippen molar-refractivity contribution in [3.8, 4) is 28.7 Å². The number of hydrogen-bond acceptors (Lipinski definition) is 9. The van der Waals surface area contributed by atoms with Gasteiger partial charge in [0.1, 0.15) is 6.04 Å². The van der Waals surface area contributed by atoms with Crippen LogP contribution < -0.4 is 34.3 Å². The van der Waals surface area contributed by atoms with E-state index in [9.17, 15) is 14.4 Å². The van der Waals surface area contributed by atoms with E-state index >= 15 is 0 Å². The molecule has 2 heterocycles. The minimum atomic E-state index is -0.806. The molecular weight excluding hydrogens is 556 g/mol. The van der Waals surface area contributed by atoms with Crippen LogP contribution in [0.2, 0.25) is 0 Å². The summed E-state index contributed by atoms with van der Waals surface area (Å²) in [5.41, 5.74) is 2.74. The first-order valence-electron chi connectivity index (χ1n) is 14.9. The lowest BCUT2D eigenvalue weighted by atomic mass is 9.67. The van der Waals surface area contributed by atoms with E-state index in [4.69, 9.17) is 28.4 Å². The van der Waals surface area contributed by atoms with Crippen molar-refractivity contribution in [2.24, 2.45) is 17.8 Å². The van der Waals surface area contributed by atoms with Crippen molar-refractivity contribution in [1.29, 1.82) is 0 Å². The third kappa shape index (κ3) is 5.52. The minimum absolute atomic E-state index is 0.00703. The van der Waals surface area contributed by atoms with E-state index in [1.807, 2.05) is 26.0 Å². The highest BCUT2D eigenvalue weighted by Gasteiger charge is 2.48. The predicted molar refractivity (Wildman–Crippen MR) is 154 cm³/mol. The van der Waals surface area contributed by atoms with Gasteiger partial charge in [-0.2, -0.15) is 0 Å². The molecule has 0 bridgehead atoms. The minimum Gasteiger partial charge on any atom is -0.493 e. The topological polar surface area (TPSA) is 131 Å². The maximum Gasteiger partial charge on any atom is 0.413 e. The molecule has 0 spiro atoms. The number of nitrogens with one attached hydrogen (secondary N) is 2. The molecule has 0 radical (unpaired) electrons. The van der Waals surface area contributed by atoms with Gasteiger partial charge >= 0.3 is 12.1 Å². The van der Waals surface area contributed by atoms with Crippen LogP contribution in [0.4, 0.5) is 4.79 Å². The van der Waals surface area contributed by atoms with E-state index in [1.54, 1.807) is 12.1 Å². The molecule has 2 fully saturated rings. The maximum atomic E-state index is 13.1. The summed E-state index contributed by atoms with van der Waals surface area (Å²) < 4.78 is 33.9. The number of rotatable bonds is 8. The molecule has 2 aromatic rings. The molecule has 4 atom stereocenters. The van der Waals surface area contributed by atoms with Crippen LogP contribution in [0.25, 0.3) is 0 Å². The molecule has 230 valence electrons. The number of cyclic esters (lactones) is 1. The Morgan fingerprint density at radius 2 is 1.63 bits per heavy atom. The van der Waals surface area contributed by atoms with Gasteiger partial charge in [-0.3, -0.25) is 9.59 Å². The van der Waals surface area contributed by atoms with E-state index in [1.165, 1.54) is 14.2 Å². The number of fused-ring (bicyclic) bond motifs is 3. The standard InChI is InChI=1S/C32H38N2O9/c1-16(2)28(30(35)33-20-7-5-6-8-20)34-32(37)43-29-24(38-3)11-18(12-25(29)39-4)26-21-13-23-22(41-15-42-23)10-17(21)9-19-14-40-31(36)27(19)26/h10-13,16,19-20,26-28H,5-9,14-15H2,1-4H3,(H,33,35)(H,34,37)/t19-,26+,27-,28-/m0/s1. The van der Waals surface area contributed by atoms with Crippen molar-refractivity contribution >= 4 is 18.0 Å². The molecule has 0 unspecified atom stereocenters. The summed E-state index contributed by atoms with van der Waals surface area (Å²) in [6.07, 6.45) is 3.93. The highest BCUT2D eigenvalue weighted by molar-refractivity contribution is 5.87. The highest BCUT2D eigenvalue weighted by Crippen LogP contribution is 2.52. The Morgan fingerprint density at radius 1 is 0.953 bits per heavy atom. The normalized spacial score (nSPS) is 22.8. The van der Waals surface area contributed by atoms with Gasteiger partial charge in [0.2, 0.25) is 18.4 Å². The smallest absolute Gasteiger partial charge is 0.413 e. The van der Waals surface area contributed by atoms with Crippen molar-refractivity contribution in [2.75, 3.05) is 27.6 Å². The van der Waals surface area contributed by atoms with E-state index < -0.39 is 18.1 Å². The number of amides is 2. The molecule has 4 aliphatic rings. The number of methoxy groups -OCH3 is 2. The van der Waals surface area contributed by atoms with Gasteiger partial charge in [0.25, 0.3) is 0 Å². The average Bonchev–Trinajstić information content (AvgIpc) is 3.75. The summed E-state index contributed by atoms with van der Waals surface area (Å²) >= 11 is 0. The summed E-state index contributed by atoms with van der Waals surface area (Å²) in [6, 6.07) is 6.77. The number of carbonyl (C=O) groups excluding carboxylic acids is 3. The summed E-state index contributed by atoms with van der Waals surface area (Å²) in [5.74, 6) is 0.411. The molecular formula is C32H38N2O9. The molecule has 43 heavy (non-hydrogen) atoms. The Kier molecular flexibility index (Phi) is 7.98. The molecule has 1 saturated carbocycles. The number of carbonyl (C=O) groups is 3. The summed E-state index contributed by atoms with van der Waals surface area (Å²) in [5, 5.41) is 5.77. The Balaban J connectivity index is 1.30. The van der Waals surface area contributed by atoms with Crippen LogP contribution in [-0.4, -0.2) is 57.7 Å². The lowest BCUT2D eigenvalue weighted by Gasteiger charge is -2.34. The van der Waals surface area contributed by atoms with Crippen LogP contribution in [0.3, 0.4) is 0 Å². The zero-order valence-corrected chi connectivity index (χ0v) is 24.9. The van der Waals surface area contributed by atoms with Gasteiger partial charge in [-0.25, -0.2) is 4.79 Å². The van der Waals surface area contributed by atoms with Gasteiger partial charge in [-0.05, 0) is 66.1 Å². The molecule has 2 amide bonds. The van der Waals surface area contributed by atoms with Crippen LogP contribution in [0, 0.1) is 17.8 Å². The molecule has 2 aliphatic heterocycles. The van der Waals surface area contributed by atoms with Crippen molar-refractivity contribution in [1.82, 2.24) is 10.6 Å². The van der Waals surface area contributed by atoms with Crippen LogP contribution in [-0.2, 0) is 20.7 Å². The first-order valence-corrected chi connectivity index (χ1v) is 14.9. The third-order valence-electron chi connectivity index (χ3n) is 8.99. The summed E-state index contributed by atoms with van der Waals surface area (Å²) in [4.78, 5) is 39.2. The predicted octanol–water partition coefficient (Wildman–Crippen LogP) is 4.08. The Morgan fingerprint density at radius 3 is 2.28 bits per heavy atom.